The zero-order chi connectivity index (χ0) is 12.4. The van der Waals surface area contributed by atoms with Crippen LogP contribution < -0.4 is 0 Å². The van der Waals surface area contributed by atoms with Crippen LogP contribution in [0.1, 0.15) is 40.5 Å². The summed E-state index contributed by atoms with van der Waals surface area (Å²) in [5.41, 5.74) is 1.92. The second kappa shape index (κ2) is 3.11. The van der Waals surface area contributed by atoms with E-state index >= 15 is 0 Å². The van der Waals surface area contributed by atoms with Crippen LogP contribution in [-0.4, -0.2) is 17.0 Å². The fraction of sp³-hybridized carbons (Fsp3) is 0.667. The quantitative estimate of drug-likeness (QED) is 0.649. The molecular weight excluding hydrogens is 212 g/mol. The third-order valence-corrected chi connectivity index (χ3v) is 4.95. The molecule has 1 aliphatic carbocycles. The molecule has 3 atom stereocenters. The largest absolute Gasteiger partial charge is 0.359 e. The Kier molecular flexibility index (Phi) is 2.05. The van der Waals surface area contributed by atoms with Gasteiger partial charge >= 0.3 is 0 Å². The molecule has 0 spiro atoms. The number of ketones is 1. The maximum Gasteiger partial charge on any atom is 0.159 e. The molecule has 2 heteroatoms. The van der Waals surface area contributed by atoms with Crippen LogP contribution >= 0.6 is 0 Å². The Hall–Kier alpha value is -0.890. The van der Waals surface area contributed by atoms with Gasteiger partial charge in [-0.15, -0.1) is 0 Å². The van der Waals surface area contributed by atoms with Gasteiger partial charge in [0.25, 0.3) is 0 Å². The van der Waals surface area contributed by atoms with Gasteiger partial charge < -0.3 is 4.74 Å². The van der Waals surface area contributed by atoms with E-state index in [1.165, 1.54) is 5.57 Å². The molecule has 0 saturated carbocycles. The summed E-state index contributed by atoms with van der Waals surface area (Å²) in [6, 6.07) is 0. The lowest BCUT2D eigenvalue weighted by Gasteiger charge is -2.46. The van der Waals surface area contributed by atoms with Crippen molar-refractivity contribution < 1.29 is 9.53 Å². The van der Waals surface area contributed by atoms with E-state index in [9.17, 15) is 4.79 Å². The highest BCUT2D eigenvalue weighted by atomic mass is 16.5. The molecule has 2 bridgehead atoms. The number of hydrogen-bond acceptors (Lipinski definition) is 2. The van der Waals surface area contributed by atoms with Crippen LogP contribution in [0.2, 0.25) is 0 Å². The summed E-state index contributed by atoms with van der Waals surface area (Å²) in [6.45, 7) is 8.51. The van der Waals surface area contributed by atoms with Crippen LogP contribution in [0.15, 0.2) is 23.3 Å². The average molecular weight is 232 g/mol. The SMILES string of the molecule is CC1=C2C[C@]3(C(C)C)C=C[C@@](C)(O3)[C@@H]2CC1=O. The molecule has 0 amide bonds. The molecule has 92 valence electrons. The summed E-state index contributed by atoms with van der Waals surface area (Å²) in [5.74, 6) is 1.04. The summed E-state index contributed by atoms with van der Waals surface area (Å²) in [4.78, 5) is 11.9. The molecule has 3 rings (SSSR count). The van der Waals surface area contributed by atoms with E-state index in [0.717, 1.165) is 12.0 Å². The highest BCUT2D eigenvalue weighted by Gasteiger charge is 2.56. The molecule has 0 aromatic heterocycles. The van der Waals surface area contributed by atoms with Crippen LogP contribution in [0.5, 0.6) is 0 Å². The van der Waals surface area contributed by atoms with Gasteiger partial charge in [-0.1, -0.05) is 31.6 Å². The molecule has 0 aromatic carbocycles. The molecule has 1 saturated heterocycles. The van der Waals surface area contributed by atoms with E-state index in [4.69, 9.17) is 4.74 Å². The number of allylic oxidation sites excluding steroid dienone is 1. The summed E-state index contributed by atoms with van der Waals surface area (Å²) < 4.78 is 6.35. The first-order valence-electron chi connectivity index (χ1n) is 6.51. The van der Waals surface area contributed by atoms with Crippen LogP contribution in [0, 0.1) is 11.8 Å². The molecule has 2 nitrogen and oxygen atoms in total. The summed E-state index contributed by atoms with van der Waals surface area (Å²) >= 11 is 0. The molecular formula is C15H20O2. The van der Waals surface area contributed by atoms with Gasteiger partial charge in [0.05, 0.1) is 11.2 Å². The van der Waals surface area contributed by atoms with Gasteiger partial charge in [0.2, 0.25) is 0 Å². The van der Waals surface area contributed by atoms with E-state index in [0.29, 0.717) is 18.1 Å². The van der Waals surface area contributed by atoms with E-state index in [2.05, 4.69) is 32.9 Å². The van der Waals surface area contributed by atoms with Crippen molar-refractivity contribution in [2.45, 2.75) is 51.7 Å². The molecule has 0 unspecified atom stereocenters. The van der Waals surface area contributed by atoms with Gasteiger partial charge in [-0.25, -0.2) is 0 Å². The highest BCUT2D eigenvalue weighted by molar-refractivity contribution is 5.99. The van der Waals surface area contributed by atoms with E-state index in [1.54, 1.807) is 0 Å². The summed E-state index contributed by atoms with van der Waals surface area (Å²) in [5, 5.41) is 0. The molecule has 17 heavy (non-hydrogen) atoms. The predicted molar refractivity (Wildman–Crippen MR) is 66.6 cm³/mol. The van der Waals surface area contributed by atoms with Crippen molar-refractivity contribution in [1.82, 2.24) is 0 Å². The first-order chi connectivity index (χ1) is 7.88. The van der Waals surface area contributed by atoms with Gasteiger partial charge in [0, 0.05) is 18.8 Å². The second-order valence-corrected chi connectivity index (χ2v) is 6.24. The molecule has 0 N–H and O–H groups in total. The van der Waals surface area contributed by atoms with Crippen molar-refractivity contribution in [2.24, 2.45) is 11.8 Å². The van der Waals surface area contributed by atoms with Gasteiger partial charge in [0.15, 0.2) is 5.78 Å². The van der Waals surface area contributed by atoms with Crippen LogP contribution in [0.3, 0.4) is 0 Å². The lowest BCUT2D eigenvalue weighted by Crippen LogP contribution is -2.48. The lowest BCUT2D eigenvalue weighted by molar-refractivity contribution is -0.144. The van der Waals surface area contributed by atoms with E-state index in [1.807, 2.05) is 6.92 Å². The second-order valence-electron chi connectivity index (χ2n) is 6.24. The van der Waals surface area contributed by atoms with E-state index in [-0.39, 0.29) is 17.1 Å². The predicted octanol–water partition coefficient (Wildman–Crippen LogP) is 3.04. The Morgan fingerprint density at radius 1 is 1.41 bits per heavy atom. The minimum absolute atomic E-state index is 0.174. The monoisotopic (exact) mass is 232 g/mol. The zero-order valence-corrected chi connectivity index (χ0v) is 11.0. The lowest BCUT2D eigenvalue weighted by atomic mass is 9.76. The first-order valence-corrected chi connectivity index (χ1v) is 6.51. The molecule has 0 radical (unpaired) electrons. The Bertz CT molecular complexity index is 458. The fourth-order valence-corrected chi connectivity index (χ4v) is 3.58. The Balaban J connectivity index is 2.10. The number of carbonyl (C=O) groups excluding carboxylic acids is 1. The minimum atomic E-state index is -0.259. The number of fused-ring (bicyclic) bond motifs is 4. The number of Topliss-reactive ketones (excluding diaryl/α,β-unsaturated/α-hetero) is 1. The van der Waals surface area contributed by atoms with Crippen molar-refractivity contribution in [3.8, 4) is 0 Å². The number of hydrogen-bond donors (Lipinski definition) is 0. The Morgan fingerprint density at radius 3 is 2.76 bits per heavy atom. The molecule has 1 fully saturated rings. The number of rotatable bonds is 1. The van der Waals surface area contributed by atoms with Crippen LogP contribution in [0.4, 0.5) is 0 Å². The van der Waals surface area contributed by atoms with Crippen molar-refractivity contribution in [3.05, 3.63) is 23.3 Å². The van der Waals surface area contributed by atoms with Crippen molar-refractivity contribution >= 4 is 5.78 Å². The van der Waals surface area contributed by atoms with Crippen LogP contribution in [-0.2, 0) is 9.53 Å². The molecule has 2 aliphatic heterocycles. The maximum absolute atomic E-state index is 11.9. The first kappa shape index (κ1) is 11.2. The maximum atomic E-state index is 11.9. The molecule has 0 aromatic rings. The van der Waals surface area contributed by atoms with Gasteiger partial charge in [-0.2, -0.15) is 0 Å². The number of carbonyl (C=O) groups is 1. The summed E-state index contributed by atoms with van der Waals surface area (Å²) in [7, 11) is 0. The molecule has 3 aliphatic rings. The Morgan fingerprint density at radius 2 is 2.12 bits per heavy atom. The molecule has 2 heterocycles. The normalized spacial score (nSPS) is 43.8. The standard InChI is InChI=1S/C15H20O2/c1-9(2)15-6-5-14(4,17-15)12-7-13(16)10(3)11(12)8-15/h5-6,9,12H,7-8H2,1-4H3/t12-,14-,15+/m1/s1. The van der Waals surface area contributed by atoms with Crippen molar-refractivity contribution in [3.63, 3.8) is 0 Å². The Labute approximate surface area is 103 Å². The average Bonchev–Trinajstić information content (AvgIpc) is 2.71. The zero-order valence-electron chi connectivity index (χ0n) is 11.0. The third-order valence-electron chi connectivity index (χ3n) is 4.95. The number of ether oxygens (including phenoxy) is 1. The topological polar surface area (TPSA) is 26.3 Å². The fourth-order valence-electron chi connectivity index (χ4n) is 3.58. The third kappa shape index (κ3) is 1.28. The van der Waals surface area contributed by atoms with E-state index < -0.39 is 0 Å². The van der Waals surface area contributed by atoms with Gasteiger partial charge in [-0.05, 0) is 25.3 Å². The van der Waals surface area contributed by atoms with Gasteiger partial charge in [-0.3, -0.25) is 4.79 Å². The smallest absolute Gasteiger partial charge is 0.159 e. The van der Waals surface area contributed by atoms with Crippen LogP contribution in [0.25, 0.3) is 0 Å². The van der Waals surface area contributed by atoms with Gasteiger partial charge in [0.1, 0.15) is 0 Å². The highest BCUT2D eigenvalue weighted by Crippen LogP contribution is 2.55. The minimum Gasteiger partial charge on any atom is -0.359 e. The van der Waals surface area contributed by atoms with Crippen molar-refractivity contribution in [2.75, 3.05) is 0 Å². The van der Waals surface area contributed by atoms with Crippen molar-refractivity contribution in [1.29, 1.82) is 0 Å². The summed E-state index contributed by atoms with van der Waals surface area (Å²) in [6.07, 6.45) is 5.96.